The summed E-state index contributed by atoms with van der Waals surface area (Å²) in [5, 5.41) is 0. The van der Waals surface area contributed by atoms with E-state index < -0.39 is 0 Å². The SMILES string of the molecule is C#C.C=C[C@@H](C)CC.CC.CC. The van der Waals surface area contributed by atoms with Gasteiger partial charge in [0.2, 0.25) is 0 Å². The Morgan fingerprint density at radius 3 is 1.42 bits per heavy atom. The average Bonchev–Trinajstić information content (AvgIpc) is 2.25. The van der Waals surface area contributed by atoms with Crippen LogP contribution in [0.4, 0.5) is 0 Å². The van der Waals surface area contributed by atoms with Crippen molar-refractivity contribution in [2.24, 2.45) is 5.92 Å². The Kier molecular flexibility index (Phi) is 90.3. The van der Waals surface area contributed by atoms with Crippen molar-refractivity contribution in [1.82, 2.24) is 0 Å². The minimum atomic E-state index is 0.699. The van der Waals surface area contributed by atoms with Gasteiger partial charge in [-0.1, -0.05) is 54.0 Å². The summed E-state index contributed by atoms with van der Waals surface area (Å²) in [5.74, 6) is 0.699. The van der Waals surface area contributed by atoms with Crippen LogP contribution in [0.25, 0.3) is 0 Å². The summed E-state index contributed by atoms with van der Waals surface area (Å²) in [6, 6.07) is 0. The molecular formula is C12H26. The Bertz CT molecular complexity index is 59.7. The van der Waals surface area contributed by atoms with E-state index in [4.69, 9.17) is 0 Å². The fraction of sp³-hybridized carbons (Fsp3) is 0.667. The predicted molar refractivity (Wildman–Crippen MR) is 62.2 cm³/mol. The minimum Gasteiger partial charge on any atom is -0.124 e. The van der Waals surface area contributed by atoms with Gasteiger partial charge in [0.15, 0.2) is 0 Å². The van der Waals surface area contributed by atoms with Gasteiger partial charge in [-0.15, -0.1) is 19.4 Å². The highest BCUT2D eigenvalue weighted by Crippen LogP contribution is 1.98. The third-order valence-corrected chi connectivity index (χ3v) is 1.05. The van der Waals surface area contributed by atoms with E-state index in [2.05, 4.69) is 33.3 Å². The van der Waals surface area contributed by atoms with Crippen molar-refractivity contribution in [2.45, 2.75) is 48.0 Å². The number of hydrogen-bond donors (Lipinski definition) is 0. The predicted octanol–water partition coefficient (Wildman–Crippen LogP) is 4.52. The Morgan fingerprint density at radius 2 is 1.42 bits per heavy atom. The highest BCUT2D eigenvalue weighted by molar-refractivity contribution is 4.72. The van der Waals surface area contributed by atoms with Crippen LogP contribution >= 0.6 is 0 Å². The number of rotatable bonds is 2. The van der Waals surface area contributed by atoms with E-state index in [1.807, 2.05) is 33.8 Å². The number of allylic oxidation sites excluding steroid dienone is 1. The summed E-state index contributed by atoms with van der Waals surface area (Å²) in [7, 11) is 0. The van der Waals surface area contributed by atoms with Crippen molar-refractivity contribution in [3.8, 4) is 12.8 Å². The molecule has 0 heterocycles. The zero-order valence-electron chi connectivity index (χ0n) is 9.72. The zero-order valence-corrected chi connectivity index (χ0v) is 9.72. The summed E-state index contributed by atoms with van der Waals surface area (Å²) >= 11 is 0. The molecule has 0 aliphatic rings. The fourth-order valence-electron chi connectivity index (χ4n) is 0.167. The monoisotopic (exact) mass is 170 g/mol. The summed E-state index contributed by atoms with van der Waals surface area (Å²) in [6.45, 7) is 16.0. The van der Waals surface area contributed by atoms with Crippen LogP contribution in [0.3, 0.4) is 0 Å². The fourth-order valence-corrected chi connectivity index (χ4v) is 0.167. The van der Waals surface area contributed by atoms with Gasteiger partial charge in [0, 0.05) is 0 Å². The van der Waals surface area contributed by atoms with Gasteiger partial charge in [0.05, 0.1) is 0 Å². The highest BCUT2D eigenvalue weighted by atomic mass is 13.9. The molecule has 12 heavy (non-hydrogen) atoms. The van der Waals surface area contributed by atoms with Crippen molar-refractivity contribution in [1.29, 1.82) is 0 Å². The van der Waals surface area contributed by atoms with E-state index in [-0.39, 0.29) is 0 Å². The summed E-state index contributed by atoms with van der Waals surface area (Å²) in [6.07, 6.45) is 11.2. The van der Waals surface area contributed by atoms with E-state index in [1.54, 1.807) is 0 Å². The molecule has 0 aromatic carbocycles. The van der Waals surface area contributed by atoms with Crippen molar-refractivity contribution in [3.05, 3.63) is 12.7 Å². The van der Waals surface area contributed by atoms with Crippen molar-refractivity contribution in [3.63, 3.8) is 0 Å². The van der Waals surface area contributed by atoms with Crippen LogP contribution < -0.4 is 0 Å². The zero-order chi connectivity index (χ0) is 11.0. The molecule has 0 saturated carbocycles. The molecule has 0 spiro atoms. The second kappa shape index (κ2) is 48.2. The van der Waals surface area contributed by atoms with E-state index >= 15 is 0 Å². The van der Waals surface area contributed by atoms with Crippen molar-refractivity contribution in [2.75, 3.05) is 0 Å². The van der Waals surface area contributed by atoms with Crippen LogP contribution in [0, 0.1) is 18.8 Å². The lowest BCUT2D eigenvalue weighted by Gasteiger charge is -1.93. The second-order valence-electron chi connectivity index (χ2n) is 1.62. The first-order valence-corrected chi connectivity index (χ1v) is 4.77. The van der Waals surface area contributed by atoms with E-state index in [9.17, 15) is 0 Å². The molecule has 1 atom stereocenters. The normalized spacial score (nSPS) is 8.00. The molecule has 0 unspecified atom stereocenters. The molecule has 0 aliphatic carbocycles. The van der Waals surface area contributed by atoms with Crippen molar-refractivity contribution < 1.29 is 0 Å². The van der Waals surface area contributed by atoms with Gasteiger partial charge in [-0.25, -0.2) is 0 Å². The van der Waals surface area contributed by atoms with Gasteiger partial charge in [-0.2, -0.15) is 0 Å². The van der Waals surface area contributed by atoms with Crippen LogP contribution in [0.5, 0.6) is 0 Å². The van der Waals surface area contributed by atoms with Crippen LogP contribution in [0.15, 0.2) is 12.7 Å². The largest absolute Gasteiger partial charge is 0.124 e. The Labute approximate surface area is 80.1 Å². The summed E-state index contributed by atoms with van der Waals surface area (Å²) in [4.78, 5) is 0. The smallest absolute Gasteiger partial charge is 0.0267 e. The van der Waals surface area contributed by atoms with Gasteiger partial charge >= 0.3 is 0 Å². The molecule has 0 amide bonds. The van der Waals surface area contributed by atoms with Gasteiger partial charge in [-0.05, 0) is 5.92 Å². The Hall–Kier alpha value is -0.700. The molecule has 0 fully saturated rings. The quantitative estimate of drug-likeness (QED) is 0.422. The summed E-state index contributed by atoms with van der Waals surface area (Å²) < 4.78 is 0. The average molecular weight is 170 g/mol. The molecule has 0 rings (SSSR count). The molecule has 0 nitrogen and oxygen atoms in total. The minimum absolute atomic E-state index is 0.699. The second-order valence-corrected chi connectivity index (χ2v) is 1.62. The third kappa shape index (κ3) is 58.8. The highest BCUT2D eigenvalue weighted by Gasteiger charge is 1.84. The maximum absolute atomic E-state index is 4.00. The van der Waals surface area contributed by atoms with E-state index in [1.165, 1.54) is 6.42 Å². The van der Waals surface area contributed by atoms with Crippen molar-refractivity contribution >= 4 is 0 Å². The van der Waals surface area contributed by atoms with E-state index in [0.29, 0.717) is 5.92 Å². The first-order chi connectivity index (χ1) is 5.81. The van der Waals surface area contributed by atoms with Gasteiger partial charge in [0.1, 0.15) is 0 Å². The Balaban J connectivity index is -0.0000000453. The maximum Gasteiger partial charge on any atom is -0.0267 e. The topological polar surface area (TPSA) is 0 Å². The molecule has 0 heteroatoms. The molecule has 0 bridgehead atoms. The number of terminal acetylenes is 1. The first-order valence-electron chi connectivity index (χ1n) is 4.77. The molecular weight excluding hydrogens is 144 g/mol. The Morgan fingerprint density at radius 1 is 1.17 bits per heavy atom. The number of hydrogen-bond acceptors (Lipinski definition) is 0. The first kappa shape index (κ1) is 22.5. The van der Waals surface area contributed by atoms with Crippen LogP contribution in [-0.2, 0) is 0 Å². The molecule has 0 aromatic rings. The van der Waals surface area contributed by atoms with Gasteiger partial charge in [-0.3, -0.25) is 0 Å². The van der Waals surface area contributed by atoms with Crippen LogP contribution in [0.1, 0.15) is 48.0 Å². The summed E-state index contributed by atoms with van der Waals surface area (Å²) in [5.41, 5.74) is 0. The molecule has 0 radical (unpaired) electrons. The lowest BCUT2D eigenvalue weighted by Crippen LogP contribution is -1.80. The van der Waals surface area contributed by atoms with Crippen LogP contribution in [-0.4, -0.2) is 0 Å². The lowest BCUT2D eigenvalue weighted by molar-refractivity contribution is 0.700. The molecule has 0 saturated heterocycles. The molecule has 0 aromatic heterocycles. The van der Waals surface area contributed by atoms with Gasteiger partial charge < -0.3 is 0 Å². The molecule has 74 valence electrons. The lowest BCUT2D eigenvalue weighted by atomic mass is 10.1. The molecule has 0 aliphatic heterocycles. The van der Waals surface area contributed by atoms with Gasteiger partial charge in [0.25, 0.3) is 0 Å². The molecule has 0 N–H and O–H groups in total. The third-order valence-electron chi connectivity index (χ3n) is 1.05. The maximum atomic E-state index is 4.00. The standard InChI is InChI=1S/C6H12.2C2H6.C2H2/c1-4-6(3)5-2;3*1-2/h4,6H,1,5H2,2-3H3;2*1-2H3;1-2H/t6-;;;/m1.../s1. The van der Waals surface area contributed by atoms with E-state index in [0.717, 1.165) is 0 Å². The van der Waals surface area contributed by atoms with Crippen LogP contribution in [0.2, 0.25) is 0 Å².